The van der Waals surface area contributed by atoms with Gasteiger partial charge < -0.3 is 9.53 Å². The van der Waals surface area contributed by atoms with Crippen molar-refractivity contribution in [2.45, 2.75) is 13.3 Å². The molecular weight excluding hydrogens is 190 g/mol. The standard InChI is InChI=1S/C9H10ClNO2/c1-6-7(3-4-12)5-11-9(10)8(6)13-2/h4-5H,3H2,1-2H3. The van der Waals surface area contributed by atoms with Gasteiger partial charge in [0.2, 0.25) is 0 Å². The molecule has 0 aromatic carbocycles. The maximum atomic E-state index is 10.3. The molecule has 1 heterocycles. The molecule has 0 saturated carbocycles. The Balaban J connectivity index is 3.18. The van der Waals surface area contributed by atoms with Crippen molar-refractivity contribution in [3.05, 3.63) is 22.5 Å². The maximum Gasteiger partial charge on any atom is 0.171 e. The van der Waals surface area contributed by atoms with Crippen molar-refractivity contribution < 1.29 is 9.53 Å². The number of aldehydes is 1. The van der Waals surface area contributed by atoms with Gasteiger partial charge in [0.15, 0.2) is 10.9 Å². The number of carbonyl (C=O) groups is 1. The monoisotopic (exact) mass is 199 g/mol. The van der Waals surface area contributed by atoms with Crippen LogP contribution in [0.5, 0.6) is 5.75 Å². The lowest BCUT2D eigenvalue weighted by atomic mass is 10.1. The van der Waals surface area contributed by atoms with Crippen molar-refractivity contribution in [1.82, 2.24) is 4.98 Å². The van der Waals surface area contributed by atoms with Crippen molar-refractivity contribution in [2.75, 3.05) is 7.11 Å². The second-order valence-corrected chi connectivity index (χ2v) is 2.96. The molecule has 0 saturated heterocycles. The van der Waals surface area contributed by atoms with E-state index >= 15 is 0 Å². The lowest BCUT2D eigenvalue weighted by molar-refractivity contribution is -0.107. The SMILES string of the molecule is COc1c(Cl)ncc(CC=O)c1C. The van der Waals surface area contributed by atoms with E-state index in [9.17, 15) is 4.79 Å². The van der Waals surface area contributed by atoms with Crippen LogP contribution < -0.4 is 4.74 Å². The highest BCUT2D eigenvalue weighted by Gasteiger charge is 2.09. The summed E-state index contributed by atoms with van der Waals surface area (Å²) >= 11 is 5.78. The minimum absolute atomic E-state index is 0.328. The summed E-state index contributed by atoms with van der Waals surface area (Å²) in [6.45, 7) is 1.85. The highest BCUT2D eigenvalue weighted by atomic mass is 35.5. The van der Waals surface area contributed by atoms with E-state index in [1.165, 1.54) is 7.11 Å². The van der Waals surface area contributed by atoms with E-state index < -0.39 is 0 Å². The largest absolute Gasteiger partial charge is 0.493 e. The number of ether oxygens (including phenoxy) is 1. The zero-order chi connectivity index (χ0) is 9.84. The first-order valence-electron chi connectivity index (χ1n) is 3.82. The van der Waals surface area contributed by atoms with Gasteiger partial charge in [0.1, 0.15) is 6.29 Å². The van der Waals surface area contributed by atoms with E-state index in [1.54, 1.807) is 6.20 Å². The van der Waals surface area contributed by atoms with Crippen LogP contribution in [0, 0.1) is 6.92 Å². The molecule has 13 heavy (non-hydrogen) atoms. The second-order valence-electron chi connectivity index (χ2n) is 2.60. The third-order valence-electron chi connectivity index (χ3n) is 1.85. The molecule has 0 spiro atoms. The van der Waals surface area contributed by atoms with Crippen LogP contribution >= 0.6 is 11.6 Å². The Bertz CT molecular complexity index is 326. The number of methoxy groups -OCH3 is 1. The fourth-order valence-corrected chi connectivity index (χ4v) is 1.39. The first-order chi connectivity index (χ1) is 6.20. The van der Waals surface area contributed by atoms with Crippen molar-refractivity contribution >= 4 is 17.9 Å². The Morgan fingerprint density at radius 1 is 1.69 bits per heavy atom. The summed E-state index contributed by atoms with van der Waals surface area (Å²) in [5.41, 5.74) is 1.71. The van der Waals surface area contributed by atoms with E-state index in [0.717, 1.165) is 17.4 Å². The molecule has 0 N–H and O–H groups in total. The molecule has 0 fully saturated rings. The minimum atomic E-state index is 0.328. The second kappa shape index (κ2) is 4.23. The van der Waals surface area contributed by atoms with Crippen LogP contribution in [0.25, 0.3) is 0 Å². The summed E-state index contributed by atoms with van der Waals surface area (Å²) in [7, 11) is 1.53. The van der Waals surface area contributed by atoms with Gasteiger partial charge in [-0.25, -0.2) is 4.98 Å². The topological polar surface area (TPSA) is 39.2 Å². The predicted octanol–water partition coefficient (Wildman–Crippen LogP) is 1.79. The fourth-order valence-electron chi connectivity index (χ4n) is 1.12. The average Bonchev–Trinajstić information content (AvgIpc) is 2.11. The number of nitrogens with zero attached hydrogens (tertiary/aromatic N) is 1. The minimum Gasteiger partial charge on any atom is -0.493 e. The Morgan fingerprint density at radius 3 is 2.92 bits per heavy atom. The molecule has 70 valence electrons. The van der Waals surface area contributed by atoms with Gasteiger partial charge in [-0.05, 0) is 18.1 Å². The predicted molar refractivity (Wildman–Crippen MR) is 50.3 cm³/mol. The molecule has 0 bridgehead atoms. The van der Waals surface area contributed by atoms with Gasteiger partial charge in [0.25, 0.3) is 0 Å². The first kappa shape index (κ1) is 9.99. The highest BCUT2D eigenvalue weighted by molar-refractivity contribution is 6.30. The van der Waals surface area contributed by atoms with Gasteiger partial charge >= 0.3 is 0 Å². The molecule has 0 aliphatic heterocycles. The van der Waals surface area contributed by atoms with Gasteiger partial charge in [-0.1, -0.05) is 11.6 Å². The van der Waals surface area contributed by atoms with E-state index in [2.05, 4.69) is 4.98 Å². The van der Waals surface area contributed by atoms with Crippen LogP contribution in [0.3, 0.4) is 0 Å². The molecule has 0 atom stereocenters. The van der Waals surface area contributed by atoms with Gasteiger partial charge in [0, 0.05) is 12.6 Å². The molecule has 0 unspecified atom stereocenters. The normalized spacial score (nSPS) is 9.77. The highest BCUT2D eigenvalue weighted by Crippen LogP contribution is 2.27. The molecule has 3 nitrogen and oxygen atoms in total. The van der Waals surface area contributed by atoms with Crippen LogP contribution in [0.15, 0.2) is 6.20 Å². The number of halogens is 1. The summed E-state index contributed by atoms with van der Waals surface area (Å²) in [5.74, 6) is 0.543. The molecular formula is C9H10ClNO2. The van der Waals surface area contributed by atoms with Crippen molar-refractivity contribution in [3.63, 3.8) is 0 Å². The van der Waals surface area contributed by atoms with Gasteiger partial charge in [-0.3, -0.25) is 0 Å². The summed E-state index contributed by atoms with van der Waals surface area (Å²) in [4.78, 5) is 14.2. The lowest BCUT2D eigenvalue weighted by Gasteiger charge is -2.08. The lowest BCUT2D eigenvalue weighted by Crippen LogP contribution is -1.97. The Kier molecular flexibility index (Phi) is 3.25. The van der Waals surface area contributed by atoms with Crippen LogP contribution in [-0.4, -0.2) is 18.4 Å². The van der Waals surface area contributed by atoms with Gasteiger partial charge in [-0.2, -0.15) is 0 Å². The van der Waals surface area contributed by atoms with E-state index in [-0.39, 0.29) is 0 Å². The summed E-state index contributed by atoms with van der Waals surface area (Å²) in [6.07, 6.45) is 2.76. The number of pyridine rings is 1. The number of carbonyl (C=O) groups excluding carboxylic acids is 1. The van der Waals surface area contributed by atoms with Crippen LogP contribution in [0.4, 0.5) is 0 Å². The average molecular weight is 200 g/mol. The van der Waals surface area contributed by atoms with Crippen LogP contribution in [-0.2, 0) is 11.2 Å². The third-order valence-corrected chi connectivity index (χ3v) is 2.12. The molecule has 0 aliphatic carbocycles. The first-order valence-corrected chi connectivity index (χ1v) is 4.20. The van der Waals surface area contributed by atoms with Gasteiger partial charge in [0.05, 0.1) is 7.11 Å². The molecule has 1 rings (SSSR count). The molecule has 1 aromatic rings. The number of aromatic nitrogens is 1. The number of rotatable bonds is 3. The third kappa shape index (κ3) is 1.98. The Hall–Kier alpha value is -1.09. The maximum absolute atomic E-state index is 10.3. The molecule has 4 heteroatoms. The van der Waals surface area contributed by atoms with Gasteiger partial charge in [-0.15, -0.1) is 0 Å². The molecule has 0 aliphatic rings. The quantitative estimate of drug-likeness (QED) is 0.551. The molecule has 1 aromatic heterocycles. The van der Waals surface area contributed by atoms with E-state index in [4.69, 9.17) is 16.3 Å². The molecule has 0 radical (unpaired) electrons. The fraction of sp³-hybridized carbons (Fsp3) is 0.333. The van der Waals surface area contributed by atoms with Crippen molar-refractivity contribution in [1.29, 1.82) is 0 Å². The van der Waals surface area contributed by atoms with Crippen LogP contribution in [0.1, 0.15) is 11.1 Å². The number of hydrogen-bond acceptors (Lipinski definition) is 3. The zero-order valence-corrected chi connectivity index (χ0v) is 8.26. The Morgan fingerprint density at radius 2 is 2.38 bits per heavy atom. The van der Waals surface area contributed by atoms with Crippen molar-refractivity contribution in [2.24, 2.45) is 0 Å². The van der Waals surface area contributed by atoms with E-state index in [1.807, 2.05) is 6.92 Å². The summed E-state index contributed by atoms with van der Waals surface area (Å²) in [5, 5.41) is 0.328. The summed E-state index contributed by atoms with van der Waals surface area (Å²) in [6, 6.07) is 0. The smallest absolute Gasteiger partial charge is 0.171 e. The van der Waals surface area contributed by atoms with Crippen LogP contribution in [0.2, 0.25) is 5.15 Å². The molecule has 0 amide bonds. The number of hydrogen-bond donors (Lipinski definition) is 0. The summed E-state index contributed by atoms with van der Waals surface area (Å²) < 4.78 is 5.05. The Labute approximate surface area is 81.7 Å². The zero-order valence-electron chi connectivity index (χ0n) is 7.50. The van der Waals surface area contributed by atoms with E-state index in [0.29, 0.717) is 17.3 Å². The van der Waals surface area contributed by atoms with Crippen molar-refractivity contribution in [3.8, 4) is 5.75 Å².